The van der Waals surface area contributed by atoms with Crippen molar-refractivity contribution < 1.29 is 9.13 Å². The van der Waals surface area contributed by atoms with Gasteiger partial charge < -0.3 is 10.5 Å². The quantitative estimate of drug-likeness (QED) is 0.845. The number of hydrogen-bond acceptors (Lipinski definition) is 3. The Morgan fingerprint density at radius 3 is 2.47 bits per heavy atom. The van der Waals surface area contributed by atoms with E-state index in [-0.39, 0.29) is 5.82 Å². The highest BCUT2D eigenvalue weighted by molar-refractivity contribution is 7.99. The summed E-state index contributed by atoms with van der Waals surface area (Å²) >= 11 is 1.48. The van der Waals surface area contributed by atoms with E-state index in [2.05, 4.69) is 0 Å². The fraction of sp³-hybridized carbons (Fsp3) is 0.0769. The molecule has 0 unspecified atom stereocenters. The first-order chi connectivity index (χ1) is 8.20. The van der Waals surface area contributed by atoms with Gasteiger partial charge in [0.25, 0.3) is 0 Å². The van der Waals surface area contributed by atoms with Crippen molar-refractivity contribution in [2.75, 3.05) is 12.8 Å². The van der Waals surface area contributed by atoms with E-state index in [1.807, 2.05) is 18.2 Å². The van der Waals surface area contributed by atoms with Gasteiger partial charge in [-0.15, -0.1) is 0 Å². The van der Waals surface area contributed by atoms with Crippen LogP contribution >= 0.6 is 11.8 Å². The Bertz CT molecular complexity index is 513. The third-order valence-corrected chi connectivity index (χ3v) is 3.37. The highest BCUT2D eigenvalue weighted by Gasteiger charge is 2.06. The van der Waals surface area contributed by atoms with Gasteiger partial charge in [-0.1, -0.05) is 17.8 Å². The lowest BCUT2D eigenvalue weighted by atomic mass is 10.3. The van der Waals surface area contributed by atoms with Crippen LogP contribution in [0.5, 0.6) is 5.75 Å². The molecule has 2 aromatic carbocycles. The number of nitrogens with two attached hydrogens (primary N) is 1. The summed E-state index contributed by atoms with van der Waals surface area (Å²) in [4.78, 5) is 1.84. The normalized spacial score (nSPS) is 10.2. The minimum Gasteiger partial charge on any atom is -0.495 e. The van der Waals surface area contributed by atoms with Crippen molar-refractivity contribution in [3.63, 3.8) is 0 Å². The minimum atomic E-state index is -0.243. The lowest BCUT2D eigenvalue weighted by Gasteiger charge is -2.09. The Labute approximate surface area is 104 Å². The molecule has 0 spiro atoms. The third-order valence-electron chi connectivity index (χ3n) is 2.29. The zero-order valence-corrected chi connectivity index (χ0v) is 10.1. The van der Waals surface area contributed by atoms with Gasteiger partial charge in [0.2, 0.25) is 0 Å². The molecule has 0 radical (unpaired) electrons. The van der Waals surface area contributed by atoms with Gasteiger partial charge in [-0.25, -0.2) is 4.39 Å². The molecule has 0 aliphatic rings. The van der Waals surface area contributed by atoms with Crippen LogP contribution < -0.4 is 10.5 Å². The van der Waals surface area contributed by atoms with Crippen molar-refractivity contribution in [3.05, 3.63) is 48.3 Å². The number of halogens is 1. The van der Waals surface area contributed by atoms with Gasteiger partial charge in [-0.2, -0.15) is 0 Å². The van der Waals surface area contributed by atoms with Gasteiger partial charge in [0.05, 0.1) is 12.8 Å². The van der Waals surface area contributed by atoms with E-state index in [9.17, 15) is 4.39 Å². The van der Waals surface area contributed by atoms with Crippen molar-refractivity contribution in [1.82, 2.24) is 0 Å². The monoisotopic (exact) mass is 249 g/mol. The molecule has 2 N–H and O–H groups in total. The first-order valence-electron chi connectivity index (χ1n) is 5.06. The molecule has 0 aliphatic heterocycles. The summed E-state index contributed by atoms with van der Waals surface area (Å²) in [5.74, 6) is 0.407. The predicted octanol–water partition coefficient (Wildman–Crippen LogP) is 3.57. The number of ether oxygens (including phenoxy) is 1. The van der Waals surface area contributed by atoms with E-state index in [0.717, 1.165) is 9.79 Å². The fourth-order valence-corrected chi connectivity index (χ4v) is 2.30. The molecule has 0 saturated heterocycles. The van der Waals surface area contributed by atoms with Crippen molar-refractivity contribution in [2.24, 2.45) is 0 Å². The molecular formula is C13H12FNOS. The minimum absolute atomic E-state index is 0.243. The maximum absolute atomic E-state index is 12.8. The maximum Gasteiger partial charge on any atom is 0.142 e. The first kappa shape index (κ1) is 11.8. The number of para-hydroxylation sites is 1. The zero-order valence-electron chi connectivity index (χ0n) is 9.31. The van der Waals surface area contributed by atoms with E-state index in [1.165, 1.54) is 23.9 Å². The third kappa shape index (κ3) is 2.71. The van der Waals surface area contributed by atoms with Crippen LogP contribution in [0.4, 0.5) is 10.1 Å². The van der Waals surface area contributed by atoms with Gasteiger partial charge in [-0.3, -0.25) is 0 Å². The predicted molar refractivity (Wildman–Crippen MR) is 67.9 cm³/mol. The van der Waals surface area contributed by atoms with Crippen molar-refractivity contribution in [2.45, 2.75) is 9.79 Å². The summed E-state index contributed by atoms with van der Waals surface area (Å²) in [7, 11) is 1.58. The second-order valence-electron chi connectivity index (χ2n) is 3.43. The van der Waals surface area contributed by atoms with Crippen LogP contribution in [0, 0.1) is 5.82 Å². The number of rotatable bonds is 3. The average Bonchev–Trinajstić information content (AvgIpc) is 2.35. The molecule has 4 heteroatoms. The molecule has 0 saturated carbocycles. The standard InChI is InChI=1S/C13H12FNOS/c1-16-11-3-2-4-12(13(11)15)17-10-7-5-9(14)6-8-10/h2-8H,15H2,1H3. The van der Waals surface area contributed by atoms with E-state index < -0.39 is 0 Å². The van der Waals surface area contributed by atoms with E-state index >= 15 is 0 Å². The number of hydrogen-bond donors (Lipinski definition) is 1. The molecule has 0 bridgehead atoms. The SMILES string of the molecule is COc1cccc(Sc2ccc(F)cc2)c1N. The lowest BCUT2D eigenvalue weighted by Crippen LogP contribution is -1.93. The topological polar surface area (TPSA) is 35.2 Å². The largest absolute Gasteiger partial charge is 0.495 e. The summed E-state index contributed by atoms with van der Waals surface area (Å²) < 4.78 is 17.9. The fourth-order valence-electron chi connectivity index (χ4n) is 1.42. The Morgan fingerprint density at radius 2 is 1.82 bits per heavy atom. The summed E-state index contributed by atoms with van der Waals surface area (Å²) in [5.41, 5.74) is 6.55. The second-order valence-corrected chi connectivity index (χ2v) is 4.54. The molecule has 2 aromatic rings. The van der Waals surface area contributed by atoms with Crippen molar-refractivity contribution >= 4 is 17.4 Å². The highest BCUT2D eigenvalue weighted by Crippen LogP contribution is 2.36. The highest BCUT2D eigenvalue weighted by atomic mass is 32.2. The van der Waals surface area contributed by atoms with Crippen LogP contribution in [0.1, 0.15) is 0 Å². The van der Waals surface area contributed by atoms with Crippen LogP contribution in [0.25, 0.3) is 0 Å². The summed E-state index contributed by atoms with van der Waals surface area (Å²) in [6, 6.07) is 11.9. The average molecular weight is 249 g/mol. The van der Waals surface area contributed by atoms with Gasteiger partial charge in [0.15, 0.2) is 0 Å². The Balaban J connectivity index is 2.27. The molecule has 0 atom stereocenters. The maximum atomic E-state index is 12.8. The Hall–Kier alpha value is -1.68. The number of methoxy groups -OCH3 is 1. The summed E-state index contributed by atoms with van der Waals surface area (Å²) in [6.07, 6.45) is 0. The molecular weight excluding hydrogens is 237 g/mol. The zero-order chi connectivity index (χ0) is 12.3. The molecule has 0 aliphatic carbocycles. The lowest BCUT2D eigenvalue weighted by molar-refractivity contribution is 0.416. The number of anilines is 1. The van der Waals surface area contributed by atoms with E-state index in [1.54, 1.807) is 19.2 Å². The number of nitrogen functional groups attached to an aromatic ring is 1. The van der Waals surface area contributed by atoms with Crippen molar-refractivity contribution in [1.29, 1.82) is 0 Å². The molecule has 0 fully saturated rings. The van der Waals surface area contributed by atoms with E-state index in [0.29, 0.717) is 11.4 Å². The van der Waals surface area contributed by atoms with Gasteiger partial charge >= 0.3 is 0 Å². The summed E-state index contributed by atoms with van der Waals surface area (Å²) in [6.45, 7) is 0. The van der Waals surface area contributed by atoms with Crippen LogP contribution in [0.15, 0.2) is 52.3 Å². The van der Waals surface area contributed by atoms with Gasteiger partial charge in [0, 0.05) is 9.79 Å². The first-order valence-corrected chi connectivity index (χ1v) is 5.88. The molecule has 0 amide bonds. The van der Waals surface area contributed by atoms with Crippen molar-refractivity contribution in [3.8, 4) is 5.75 Å². The van der Waals surface area contributed by atoms with Gasteiger partial charge in [0.1, 0.15) is 11.6 Å². The summed E-state index contributed by atoms with van der Waals surface area (Å²) in [5, 5.41) is 0. The molecule has 88 valence electrons. The Morgan fingerprint density at radius 1 is 1.12 bits per heavy atom. The van der Waals surface area contributed by atoms with E-state index in [4.69, 9.17) is 10.5 Å². The molecule has 2 rings (SSSR count). The smallest absolute Gasteiger partial charge is 0.142 e. The number of benzene rings is 2. The molecule has 2 nitrogen and oxygen atoms in total. The van der Waals surface area contributed by atoms with Crippen LogP contribution in [-0.4, -0.2) is 7.11 Å². The molecule has 0 heterocycles. The van der Waals surface area contributed by atoms with Crippen LogP contribution in [0.3, 0.4) is 0 Å². The van der Waals surface area contributed by atoms with Crippen LogP contribution in [0.2, 0.25) is 0 Å². The Kier molecular flexibility index (Phi) is 3.54. The van der Waals surface area contributed by atoms with Gasteiger partial charge in [-0.05, 0) is 36.4 Å². The molecule has 0 aromatic heterocycles. The van der Waals surface area contributed by atoms with Crippen LogP contribution in [-0.2, 0) is 0 Å². The molecule has 17 heavy (non-hydrogen) atoms. The second kappa shape index (κ2) is 5.10.